The summed E-state index contributed by atoms with van der Waals surface area (Å²) in [5, 5.41) is 3.11. The molecule has 0 atom stereocenters. The van der Waals surface area contributed by atoms with Gasteiger partial charge in [0, 0.05) is 0 Å². The number of nitrogens with one attached hydrogen (secondary N) is 1. The van der Waals surface area contributed by atoms with E-state index in [1.807, 2.05) is 0 Å². The molecular formula is C4H13BClN. The summed E-state index contributed by atoms with van der Waals surface area (Å²) in [5.41, 5.74) is 0. The average molecular weight is 121 g/mol. The van der Waals surface area contributed by atoms with Crippen molar-refractivity contribution >= 4 is 18.7 Å². The zero-order valence-electron chi connectivity index (χ0n) is 5.29. The van der Waals surface area contributed by atoms with Gasteiger partial charge in [0.2, 0.25) is 7.26 Å². The van der Waals surface area contributed by atoms with E-state index in [9.17, 15) is 0 Å². The first-order valence-corrected chi connectivity index (χ1v) is 3.26. The molecule has 44 valence electrons. The minimum Gasteiger partial charge on any atom is -0.317 e. The van der Waals surface area contributed by atoms with E-state index in [1.165, 1.54) is 7.26 Å². The molecule has 0 aliphatic carbocycles. The smallest absolute Gasteiger partial charge is 0.215 e. The van der Waals surface area contributed by atoms with E-state index in [2.05, 4.69) is 30.6 Å². The highest BCUT2D eigenvalue weighted by Crippen LogP contribution is 1.47. The van der Waals surface area contributed by atoms with Crippen molar-refractivity contribution in [2.75, 3.05) is 13.1 Å². The van der Waals surface area contributed by atoms with Gasteiger partial charge < -0.3 is 5.32 Å². The first-order valence-electron chi connectivity index (χ1n) is 2.50. The standard InChI is InChI=1S/C4H11N.BClH2/c1-3-5-4-2;1-2/h5H,3-4H2,1-2H3;1H2. The maximum Gasteiger partial charge on any atom is 0.215 e. The molecule has 0 aliphatic rings. The molecule has 1 nitrogen and oxygen atoms in total. The van der Waals surface area contributed by atoms with Crippen LogP contribution in [0.4, 0.5) is 0 Å². The maximum absolute atomic E-state index is 4.64. The van der Waals surface area contributed by atoms with E-state index in [4.69, 9.17) is 0 Å². The summed E-state index contributed by atoms with van der Waals surface area (Å²) < 4.78 is 0. The second-order valence-electron chi connectivity index (χ2n) is 0.957. The fourth-order valence-corrected chi connectivity index (χ4v) is 0.250. The summed E-state index contributed by atoms with van der Waals surface area (Å²) in [6.07, 6.45) is 0. The Morgan fingerprint density at radius 3 is 1.57 bits per heavy atom. The zero-order chi connectivity index (χ0) is 6.12. The van der Waals surface area contributed by atoms with Crippen LogP contribution in [-0.4, -0.2) is 20.4 Å². The van der Waals surface area contributed by atoms with Crippen LogP contribution in [0.15, 0.2) is 0 Å². The molecule has 0 saturated carbocycles. The fraction of sp³-hybridized carbons (Fsp3) is 1.00. The van der Waals surface area contributed by atoms with Gasteiger partial charge in [-0.15, -0.1) is 0 Å². The van der Waals surface area contributed by atoms with E-state index in [-0.39, 0.29) is 0 Å². The lowest BCUT2D eigenvalue weighted by atomic mass is 10.7. The lowest BCUT2D eigenvalue weighted by Gasteiger charge is -1.86. The normalized spacial score (nSPS) is 6.71. The van der Waals surface area contributed by atoms with Gasteiger partial charge in [-0.1, -0.05) is 13.8 Å². The van der Waals surface area contributed by atoms with Crippen molar-refractivity contribution in [2.45, 2.75) is 13.8 Å². The Morgan fingerprint density at radius 2 is 1.57 bits per heavy atom. The van der Waals surface area contributed by atoms with Crippen LogP contribution in [0.5, 0.6) is 0 Å². The zero-order valence-corrected chi connectivity index (χ0v) is 6.05. The molecule has 1 N–H and O–H groups in total. The SMILES string of the molecule is BCl.CCNCC. The van der Waals surface area contributed by atoms with Crippen LogP contribution in [0.2, 0.25) is 0 Å². The van der Waals surface area contributed by atoms with Crippen LogP contribution in [0.1, 0.15) is 13.8 Å². The third kappa shape index (κ3) is 21.9. The quantitative estimate of drug-likeness (QED) is 0.521. The lowest BCUT2D eigenvalue weighted by molar-refractivity contribution is 0.762. The molecule has 0 aromatic rings. The monoisotopic (exact) mass is 121 g/mol. The molecule has 0 saturated heterocycles. The first kappa shape index (κ1) is 10.3. The molecule has 3 heteroatoms. The number of hydrogen-bond acceptors (Lipinski definition) is 1. The Labute approximate surface area is 51.8 Å². The van der Waals surface area contributed by atoms with E-state index < -0.39 is 0 Å². The molecule has 0 aromatic heterocycles. The van der Waals surface area contributed by atoms with Gasteiger partial charge in [0.15, 0.2) is 0 Å². The van der Waals surface area contributed by atoms with Crippen molar-refractivity contribution in [3.63, 3.8) is 0 Å². The predicted molar refractivity (Wildman–Crippen MR) is 38.6 cm³/mol. The Hall–Kier alpha value is 0.315. The summed E-state index contributed by atoms with van der Waals surface area (Å²) in [7, 11) is 1.47. The molecule has 0 unspecified atom stereocenters. The Bertz CT molecular complexity index is 19.2. The van der Waals surface area contributed by atoms with Crippen LogP contribution in [0.25, 0.3) is 0 Å². The first-order chi connectivity index (χ1) is 3.41. The van der Waals surface area contributed by atoms with E-state index in [0.717, 1.165) is 13.1 Å². The van der Waals surface area contributed by atoms with Gasteiger partial charge in [0.05, 0.1) is 0 Å². The summed E-state index contributed by atoms with van der Waals surface area (Å²) in [6, 6.07) is 0. The molecule has 0 rings (SSSR count). The molecule has 0 spiro atoms. The fourth-order valence-electron chi connectivity index (χ4n) is 0.250. The second kappa shape index (κ2) is 16.2. The third-order valence-electron chi connectivity index (χ3n) is 0.500. The van der Waals surface area contributed by atoms with E-state index in [1.54, 1.807) is 0 Å². The molecule has 0 amide bonds. The highest BCUT2D eigenvalue weighted by molar-refractivity contribution is 6.80. The van der Waals surface area contributed by atoms with Crippen LogP contribution in [0, 0.1) is 0 Å². The maximum atomic E-state index is 4.64. The summed E-state index contributed by atoms with van der Waals surface area (Å²) in [6.45, 7) is 6.39. The summed E-state index contributed by atoms with van der Waals surface area (Å²) in [4.78, 5) is 0. The van der Waals surface area contributed by atoms with Crippen molar-refractivity contribution in [1.82, 2.24) is 5.32 Å². The molecule has 0 fully saturated rings. The minimum atomic E-state index is 1.09. The van der Waals surface area contributed by atoms with Gasteiger partial charge >= 0.3 is 0 Å². The van der Waals surface area contributed by atoms with Crippen molar-refractivity contribution in [3.8, 4) is 0 Å². The Kier molecular flexibility index (Phi) is 23.9. The predicted octanol–water partition coefficient (Wildman–Crippen LogP) is 0.389. The average Bonchev–Trinajstić information content (AvgIpc) is 1.75. The molecule has 7 heavy (non-hydrogen) atoms. The van der Waals surface area contributed by atoms with Crippen molar-refractivity contribution in [1.29, 1.82) is 0 Å². The largest absolute Gasteiger partial charge is 0.317 e. The van der Waals surface area contributed by atoms with Gasteiger partial charge in [-0.25, -0.2) is 11.5 Å². The number of halogens is 1. The molecule has 0 heterocycles. The van der Waals surface area contributed by atoms with Gasteiger partial charge in [-0.05, 0) is 13.1 Å². The summed E-state index contributed by atoms with van der Waals surface area (Å²) >= 11 is 4.64. The van der Waals surface area contributed by atoms with E-state index >= 15 is 0 Å². The Morgan fingerprint density at radius 1 is 1.29 bits per heavy atom. The van der Waals surface area contributed by atoms with Crippen LogP contribution < -0.4 is 5.32 Å². The number of hydrogen-bond donors (Lipinski definition) is 1. The summed E-state index contributed by atoms with van der Waals surface area (Å²) in [5.74, 6) is 0. The third-order valence-corrected chi connectivity index (χ3v) is 0.500. The molecule has 0 radical (unpaired) electrons. The van der Waals surface area contributed by atoms with Crippen LogP contribution >= 0.6 is 11.5 Å². The van der Waals surface area contributed by atoms with E-state index in [0.29, 0.717) is 0 Å². The highest BCUT2D eigenvalue weighted by Gasteiger charge is 1.62. The molecule has 0 aliphatic heterocycles. The van der Waals surface area contributed by atoms with Gasteiger partial charge in [0.1, 0.15) is 0 Å². The highest BCUT2D eigenvalue weighted by atomic mass is 35.5. The van der Waals surface area contributed by atoms with Gasteiger partial charge in [0.25, 0.3) is 0 Å². The van der Waals surface area contributed by atoms with Gasteiger partial charge in [-0.2, -0.15) is 0 Å². The molecule has 0 aromatic carbocycles. The van der Waals surface area contributed by atoms with Gasteiger partial charge in [-0.3, -0.25) is 0 Å². The van der Waals surface area contributed by atoms with Crippen LogP contribution in [-0.2, 0) is 0 Å². The second-order valence-corrected chi connectivity index (χ2v) is 0.957. The van der Waals surface area contributed by atoms with Crippen molar-refractivity contribution < 1.29 is 0 Å². The topological polar surface area (TPSA) is 12.0 Å². The molecule has 0 bridgehead atoms. The van der Waals surface area contributed by atoms with Crippen molar-refractivity contribution in [2.24, 2.45) is 0 Å². The lowest BCUT2D eigenvalue weighted by Crippen LogP contribution is -2.09. The van der Waals surface area contributed by atoms with Crippen LogP contribution in [0.3, 0.4) is 0 Å². The molecular weight excluding hydrogens is 108 g/mol. The minimum absolute atomic E-state index is 1.09. The van der Waals surface area contributed by atoms with Crippen molar-refractivity contribution in [3.05, 3.63) is 0 Å². The number of rotatable bonds is 2. The Balaban J connectivity index is 0.